The lowest BCUT2D eigenvalue weighted by Crippen LogP contribution is -2.41. The minimum absolute atomic E-state index is 0.00495. The zero-order valence-electron chi connectivity index (χ0n) is 13.7. The molecule has 1 aromatic heterocycles. The van der Waals surface area contributed by atoms with Gasteiger partial charge in [0.05, 0.1) is 12.6 Å². The average Bonchev–Trinajstić information content (AvgIpc) is 2.86. The van der Waals surface area contributed by atoms with Gasteiger partial charge in [-0.05, 0) is 24.0 Å². The quantitative estimate of drug-likeness (QED) is 0.826. The van der Waals surface area contributed by atoms with Crippen LogP contribution in [0.25, 0.3) is 10.9 Å². The summed E-state index contributed by atoms with van der Waals surface area (Å²) in [5.74, 6) is 0.291. The van der Waals surface area contributed by atoms with Gasteiger partial charge >= 0.3 is 0 Å². The van der Waals surface area contributed by atoms with Gasteiger partial charge in [-0.1, -0.05) is 38.5 Å². The van der Waals surface area contributed by atoms with E-state index in [0.717, 1.165) is 6.42 Å². The number of fused-ring (bicyclic) bond motifs is 1. The molecule has 0 fully saturated rings. The Morgan fingerprint density at radius 1 is 1.36 bits per heavy atom. The minimum atomic E-state index is -0.148. The second-order valence-corrected chi connectivity index (χ2v) is 6.02. The number of nitrogens with zero attached hydrogens (tertiary/aromatic N) is 1. The first-order valence-electron chi connectivity index (χ1n) is 8.00. The van der Waals surface area contributed by atoms with Gasteiger partial charge < -0.3 is 15.0 Å². The Kier molecular flexibility index (Phi) is 5.61. The van der Waals surface area contributed by atoms with E-state index in [1.54, 1.807) is 0 Å². The number of carbonyl (C=O) groups excluding carboxylic acids is 1. The van der Waals surface area contributed by atoms with Gasteiger partial charge in [0, 0.05) is 30.6 Å². The van der Waals surface area contributed by atoms with E-state index in [-0.39, 0.29) is 24.5 Å². The summed E-state index contributed by atoms with van der Waals surface area (Å²) in [6.07, 6.45) is 4.19. The van der Waals surface area contributed by atoms with Crippen LogP contribution < -0.4 is 5.32 Å². The number of aromatic nitrogens is 1. The number of aryl methyl sites for hydroxylation is 2. The van der Waals surface area contributed by atoms with Crippen molar-refractivity contribution in [2.75, 3.05) is 6.61 Å². The highest BCUT2D eigenvalue weighted by atomic mass is 16.3. The van der Waals surface area contributed by atoms with Crippen LogP contribution in [0.5, 0.6) is 0 Å². The Morgan fingerprint density at radius 3 is 2.77 bits per heavy atom. The molecule has 0 radical (unpaired) electrons. The van der Waals surface area contributed by atoms with Gasteiger partial charge in [0.25, 0.3) is 0 Å². The molecule has 0 aliphatic rings. The van der Waals surface area contributed by atoms with E-state index in [4.69, 9.17) is 0 Å². The third-order valence-electron chi connectivity index (χ3n) is 4.47. The van der Waals surface area contributed by atoms with E-state index in [2.05, 4.69) is 35.1 Å². The van der Waals surface area contributed by atoms with E-state index in [1.165, 1.54) is 16.5 Å². The Bertz CT molecular complexity index is 633. The van der Waals surface area contributed by atoms with Crippen LogP contribution in [0.4, 0.5) is 0 Å². The molecule has 0 aliphatic carbocycles. The van der Waals surface area contributed by atoms with Crippen molar-refractivity contribution in [1.82, 2.24) is 9.88 Å². The molecule has 0 spiro atoms. The zero-order valence-corrected chi connectivity index (χ0v) is 13.7. The molecule has 0 unspecified atom stereocenters. The number of rotatable bonds is 7. The monoisotopic (exact) mass is 302 g/mol. The van der Waals surface area contributed by atoms with Crippen LogP contribution in [0, 0.1) is 5.92 Å². The molecule has 22 heavy (non-hydrogen) atoms. The molecule has 4 heteroatoms. The van der Waals surface area contributed by atoms with Crippen LogP contribution >= 0.6 is 0 Å². The molecule has 0 saturated carbocycles. The van der Waals surface area contributed by atoms with Gasteiger partial charge in [-0.15, -0.1) is 0 Å². The third kappa shape index (κ3) is 3.69. The van der Waals surface area contributed by atoms with Crippen molar-refractivity contribution < 1.29 is 9.90 Å². The molecular weight excluding hydrogens is 276 g/mol. The summed E-state index contributed by atoms with van der Waals surface area (Å²) in [6.45, 7) is 4.11. The number of carbonyl (C=O) groups is 1. The van der Waals surface area contributed by atoms with Gasteiger partial charge in [-0.25, -0.2) is 0 Å². The van der Waals surface area contributed by atoms with Crippen LogP contribution in [-0.2, 0) is 18.3 Å². The van der Waals surface area contributed by atoms with Crippen molar-refractivity contribution in [1.29, 1.82) is 0 Å². The lowest BCUT2D eigenvalue weighted by molar-refractivity contribution is -0.122. The number of amides is 1. The molecule has 2 aromatic rings. The van der Waals surface area contributed by atoms with Gasteiger partial charge in [0.2, 0.25) is 5.91 Å². The molecule has 0 saturated heterocycles. The normalized spacial score (nSPS) is 14.0. The Hall–Kier alpha value is -1.81. The first-order chi connectivity index (χ1) is 10.6. The second-order valence-electron chi connectivity index (χ2n) is 6.02. The van der Waals surface area contributed by atoms with Crippen molar-refractivity contribution in [3.05, 3.63) is 36.0 Å². The van der Waals surface area contributed by atoms with Crippen molar-refractivity contribution >= 4 is 16.8 Å². The lowest BCUT2D eigenvalue weighted by Gasteiger charge is -2.22. The summed E-state index contributed by atoms with van der Waals surface area (Å²) in [7, 11) is 2.02. The minimum Gasteiger partial charge on any atom is -0.394 e. The van der Waals surface area contributed by atoms with Crippen molar-refractivity contribution in [3.8, 4) is 0 Å². The second kappa shape index (κ2) is 7.45. The summed E-state index contributed by atoms with van der Waals surface area (Å²) in [6, 6.07) is 8.08. The Balaban J connectivity index is 1.98. The van der Waals surface area contributed by atoms with Gasteiger partial charge in [-0.2, -0.15) is 0 Å². The molecule has 0 bridgehead atoms. The summed E-state index contributed by atoms with van der Waals surface area (Å²) in [5.41, 5.74) is 2.38. The largest absolute Gasteiger partial charge is 0.394 e. The maximum Gasteiger partial charge on any atom is 0.220 e. The predicted molar refractivity (Wildman–Crippen MR) is 89.7 cm³/mol. The van der Waals surface area contributed by atoms with E-state index in [0.29, 0.717) is 12.8 Å². The molecular formula is C18H26N2O2. The molecule has 120 valence electrons. The SMILES string of the molecule is CC[C@H](C)[C@H](CO)NC(=O)CCc1cn(C)c2ccccc12. The number of para-hydroxylation sites is 1. The topological polar surface area (TPSA) is 54.3 Å². The number of aliphatic hydroxyl groups is 1. The number of hydrogen-bond donors (Lipinski definition) is 2. The van der Waals surface area contributed by atoms with Crippen LogP contribution in [0.1, 0.15) is 32.3 Å². The lowest BCUT2D eigenvalue weighted by atomic mass is 9.99. The third-order valence-corrected chi connectivity index (χ3v) is 4.47. The van der Waals surface area contributed by atoms with Gasteiger partial charge in [-0.3, -0.25) is 4.79 Å². The first-order valence-corrected chi connectivity index (χ1v) is 8.00. The molecule has 0 aliphatic heterocycles. The highest BCUT2D eigenvalue weighted by Gasteiger charge is 2.17. The first kappa shape index (κ1) is 16.6. The van der Waals surface area contributed by atoms with Crippen LogP contribution in [-0.4, -0.2) is 28.2 Å². The predicted octanol–water partition coefficient (Wildman–Crippen LogP) is 2.63. The fourth-order valence-electron chi connectivity index (χ4n) is 2.80. The Morgan fingerprint density at radius 2 is 2.09 bits per heavy atom. The van der Waals surface area contributed by atoms with Gasteiger partial charge in [0.15, 0.2) is 0 Å². The molecule has 1 aromatic carbocycles. The molecule has 2 N–H and O–H groups in total. The summed E-state index contributed by atoms with van der Waals surface area (Å²) < 4.78 is 2.10. The number of hydrogen-bond acceptors (Lipinski definition) is 2. The van der Waals surface area contributed by atoms with E-state index in [1.807, 2.05) is 26.1 Å². The molecule has 1 heterocycles. The van der Waals surface area contributed by atoms with E-state index >= 15 is 0 Å². The Labute approximate surface area is 132 Å². The summed E-state index contributed by atoms with van der Waals surface area (Å²) >= 11 is 0. The maximum atomic E-state index is 12.1. The van der Waals surface area contributed by atoms with Crippen LogP contribution in [0.15, 0.2) is 30.5 Å². The molecule has 1 amide bonds. The standard InChI is InChI=1S/C18H26N2O2/c1-4-13(2)16(12-21)19-18(22)10-9-14-11-20(3)17-8-6-5-7-15(14)17/h5-8,11,13,16,21H,4,9-10,12H2,1-3H3,(H,19,22)/t13-,16-/m0/s1. The smallest absolute Gasteiger partial charge is 0.220 e. The van der Waals surface area contributed by atoms with Crippen molar-refractivity contribution in [2.45, 2.75) is 39.2 Å². The van der Waals surface area contributed by atoms with Crippen molar-refractivity contribution in [3.63, 3.8) is 0 Å². The highest BCUT2D eigenvalue weighted by molar-refractivity contribution is 5.85. The molecule has 2 atom stereocenters. The van der Waals surface area contributed by atoms with Crippen LogP contribution in [0.2, 0.25) is 0 Å². The van der Waals surface area contributed by atoms with Crippen molar-refractivity contribution in [2.24, 2.45) is 13.0 Å². The van der Waals surface area contributed by atoms with Crippen LogP contribution in [0.3, 0.4) is 0 Å². The number of nitrogens with one attached hydrogen (secondary N) is 1. The van der Waals surface area contributed by atoms with Gasteiger partial charge in [0.1, 0.15) is 0 Å². The maximum absolute atomic E-state index is 12.1. The summed E-state index contributed by atoms with van der Waals surface area (Å²) in [4.78, 5) is 12.1. The van der Waals surface area contributed by atoms with E-state index in [9.17, 15) is 9.90 Å². The average molecular weight is 302 g/mol. The number of benzene rings is 1. The zero-order chi connectivity index (χ0) is 16.1. The number of aliphatic hydroxyl groups excluding tert-OH is 1. The fourth-order valence-corrected chi connectivity index (χ4v) is 2.80. The van der Waals surface area contributed by atoms with E-state index < -0.39 is 0 Å². The highest BCUT2D eigenvalue weighted by Crippen LogP contribution is 2.21. The molecule has 2 rings (SSSR count). The summed E-state index contributed by atoms with van der Waals surface area (Å²) in [5, 5.41) is 13.5. The molecule has 4 nitrogen and oxygen atoms in total. The fraction of sp³-hybridized carbons (Fsp3) is 0.500.